The summed E-state index contributed by atoms with van der Waals surface area (Å²) in [5.74, 6) is -0.0908. The lowest BCUT2D eigenvalue weighted by atomic mass is 10.1. The third-order valence-electron chi connectivity index (χ3n) is 2.53. The molecule has 1 amide bonds. The van der Waals surface area contributed by atoms with Crippen molar-refractivity contribution in [2.75, 3.05) is 18.9 Å². The Labute approximate surface area is 94.4 Å². The van der Waals surface area contributed by atoms with Crippen molar-refractivity contribution < 1.29 is 17.9 Å². The summed E-state index contributed by atoms with van der Waals surface area (Å²) in [5, 5.41) is 0. The number of carbonyl (C=O) groups excluding carboxylic acids is 1. The molecule has 5 nitrogen and oxygen atoms in total. The Morgan fingerprint density at radius 3 is 2.81 bits per heavy atom. The number of nitrogens with zero attached hydrogens (tertiary/aromatic N) is 1. The Kier molecular flexibility index (Phi) is 3.00. The minimum absolute atomic E-state index is 0.0908. The maximum absolute atomic E-state index is 11.9. The fourth-order valence-electron chi connectivity index (χ4n) is 1.72. The molecule has 0 aromatic heterocycles. The molecule has 2 aliphatic rings. The van der Waals surface area contributed by atoms with Crippen molar-refractivity contribution in [2.45, 2.75) is 12.8 Å². The predicted molar refractivity (Wildman–Crippen MR) is 58.3 cm³/mol. The van der Waals surface area contributed by atoms with Crippen LogP contribution in [0.4, 0.5) is 4.79 Å². The standard InChI is InChI=1S/C10H13NO4S/c12-10-11(6-7-15-10)16(13,14)8-9-4-2-1-3-5-9/h1-2,4H,3,5-8H2. The first-order valence-corrected chi connectivity index (χ1v) is 6.72. The number of rotatable bonds is 3. The van der Waals surface area contributed by atoms with Crippen LogP contribution in [0.25, 0.3) is 0 Å². The van der Waals surface area contributed by atoms with Gasteiger partial charge in [0.2, 0.25) is 10.0 Å². The van der Waals surface area contributed by atoms with Gasteiger partial charge in [0.15, 0.2) is 0 Å². The van der Waals surface area contributed by atoms with Crippen molar-refractivity contribution in [3.05, 3.63) is 23.8 Å². The van der Waals surface area contributed by atoms with Gasteiger partial charge in [-0.05, 0) is 12.8 Å². The molecule has 1 aliphatic heterocycles. The molecular formula is C10H13NO4S. The monoisotopic (exact) mass is 243 g/mol. The summed E-state index contributed by atoms with van der Waals surface area (Å²) in [4.78, 5) is 11.2. The van der Waals surface area contributed by atoms with Crippen molar-refractivity contribution in [3.63, 3.8) is 0 Å². The van der Waals surface area contributed by atoms with Crippen LogP contribution < -0.4 is 0 Å². The van der Waals surface area contributed by atoms with Crippen LogP contribution in [0.5, 0.6) is 0 Å². The predicted octanol–water partition coefficient (Wildman–Crippen LogP) is 1.04. The number of sulfonamides is 1. The van der Waals surface area contributed by atoms with Crippen LogP contribution >= 0.6 is 0 Å². The zero-order chi connectivity index (χ0) is 11.6. The topological polar surface area (TPSA) is 63.7 Å². The van der Waals surface area contributed by atoms with Gasteiger partial charge in [-0.1, -0.05) is 23.8 Å². The summed E-state index contributed by atoms with van der Waals surface area (Å²) in [6.07, 6.45) is 6.45. The van der Waals surface area contributed by atoms with Gasteiger partial charge in [-0.3, -0.25) is 0 Å². The number of allylic oxidation sites excluding steroid dienone is 3. The van der Waals surface area contributed by atoms with E-state index in [0.717, 1.165) is 22.7 Å². The SMILES string of the molecule is O=C1OCCN1S(=O)(=O)CC1=CC=CCC1. The average Bonchev–Trinajstić information content (AvgIpc) is 2.66. The number of ether oxygens (including phenoxy) is 1. The first-order valence-electron chi connectivity index (χ1n) is 5.11. The molecule has 0 aromatic carbocycles. The van der Waals surface area contributed by atoms with Crippen LogP contribution in [0.2, 0.25) is 0 Å². The lowest BCUT2D eigenvalue weighted by Crippen LogP contribution is -2.34. The zero-order valence-corrected chi connectivity index (χ0v) is 9.57. The van der Waals surface area contributed by atoms with Crippen molar-refractivity contribution >= 4 is 16.1 Å². The van der Waals surface area contributed by atoms with Crippen LogP contribution in [0, 0.1) is 0 Å². The lowest BCUT2D eigenvalue weighted by Gasteiger charge is -2.15. The second-order valence-electron chi connectivity index (χ2n) is 3.73. The third kappa shape index (κ3) is 2.27. The highest BCUT2D eigenvalue weighted by molar-refractivity contribution is 7.89. The molecule has 0 spiro atoms. The van der Waals surface area contributed by atoms with Gasteiger partial charge in [0.1, 0.15) is 6.61 Å². The van der Waals surface area contributed by atoms with Gasteiger partial charge in [-0.15, -0.1) is 0 Å². The van der Waals surface area contributed by atoms with Gasteiger partial charge in [0.25, 0.3) is 0 Å². The molecule has 0 atom stereocenters. The molecule has 1 aliphatic carbocycles. The van der Waals surface area contributed by atoms with Crippen molar-refractivity contribution in [1.82, 2.24) is 4.31 Å². The number of cyclic esters (lactones) is 1. The summed E-state index contributed by atoms with van der Waals surface area (Å²) >= 11 is 0. The summed E-state index contributed by atoms with van der Waals surface area (Å²) < 4.78 is 29.2. The van der Waals surface area contributed by atoms with Crippen molar-refractivity contribution in [1.29, 1.82) is 0 Å². The van der Waals surface area contributed by atoms with E-state index in [0.29, 0.717) is 0 Å². The van der Waals surface area contributed by atoms with E-state index in [9.17, 15) is 13.2 Å². The van der Waals surface area contributed by atoms with Gasteiger partial charge >= 0.3 is 6.09 Å². The molecule has 0 unspecified atom stereocenters. The third-order valence-corrected chi connectivity index (χ3v) is 4.27. The van der Waals surface area contributed by atoms with Crippen LogP contribution in [0.3, 0.4) is 0 Å². The van der Waals surface area contributed by atoms with Crippen molar-refractivity contribution in [3.8, 4) is 0 Å². The van der Waals surface area contributed by atoms with E-state index < -0.39 is 16.1 Å². The second kappa shape index (κ2) is 4.29. The molecule has 16 heavy (non-hydrogen) atoms. The summed E-state index contributed by atoms with van der Waals surface area (Å²) in [6.45, 7) is 0.279. The van der Waals surface area contributed by atoms with E-state index in [1.54, 1.807) is 6.08 Å². The number of hydrogen-bond donors (Lipinski definition) is 0. The first kappa shape index (κ1) is 11.2. The molecule has 0 aromatic rings. The highest BCUT2D eigenvalue weighted by Crippen LogP contribution is 2.18. The fraction of sp³-hybridized carbons (Fsp3) is 0.500. The largest absolute Gasteiger partial charge is 0.447 e. The normalized spacial score (nSPS) is 20.9. The Morgan fingerprint density at radius 1 is 1.44 bits per heavy atom. The van der Waals surface area contributed by atoms with Crippen LogP contribution in [0.15, 0.2) is 23.8 Å². The highest BCUT2D eigenvalue weighted by atomic mass is 32.2. The van der Waals surface area contributed by atoms with Crippen LogP contribution in [-0.2, 0) is 14.8 Å². The highest BCUT2D eigenvalue weighted by Gasteiger charge is 2.33. The van der Waals surface area contributed by atoms with E-state index in [-0.39, 0.29) is 18.9 Å². The molecule has 1 saturated heterocycles. The average molecular weight is 243 g/mol. The van der Waals surface area contributed by atoms with Gasteiger partial charge in [0.05, 0.1) is 12.3 Å². The van der Waals surface area contributed by atoms with E-state index in [2.05, 4.69) is 4.74 Å². The van der Waals surface area contributed by atoms with Gasteiger partial charge in [0, 0.05) is 0 Å². The van der Waals surface area contributed by atoms with Gasteiger partial charge in [-0.25, -0.2) is 17.5 Å². The quantitative estimate of drug-likeness (QED) is 0.743. The maximum atomic E-state index is 11.9. The molecule has 0 bridgehead atoms. The Morgan fingerprint density at radius 2 is 2.25 bits per heavy atom. The van der Waals surface area contributed by atoms with Crippen LogP contribution in [0.1, 0.15) is 12.8 Å². The van der Waals surface area contributed by atoms with E-state index in [1.165, 1.54) is 0 Å². The fourth-order valence-corrected chi connectivity index (χ4v) is 3.21. The summed E-state index contributed by atoms with van der Waals surface area (Å²) in [7, 11) is -3.55. The minimum atomic E-state index is -3.55. The Bertz CT molecular complexity index is 449. The number of carbonyl (C=O) groups is 1. The van der Waals surface area contributed by atoms with E-state index >= 15 is 0 Å². The van der Waals surface area contributed by atoms with Gasteiger partial charge < -0.3 is 4.74 Å². The summed E-state index contributed by atoms with van der Waals surface area (Å²) in [5.41, 5.74) is 0.835. The number of hydrogen-bond acceptors (Lipinski definition) is 4. The van der Waals surface area contributed by atoms with Crippen LogP contribution in [-0.4, -0.2) is 37.7 Å². The molecule has 0 radical (unpaired) electrons. The Balaban J connectivity index is 2.10. The molecule has 1 fully saturated rings. The molecule has 88 valence electrons. The first-order chi connectivity index (χ1) is 7.59. The molecule has 0 saturated carbocycles. The molecule has 1 heterocycles. The Hall–Kier alpha value is -1.30. The second-order valence-corrected chi connectivity index (χ2v) is 5.63. The molecule has 6 heteroatoms. The molecule has 0 N–H and O–H groups in total. The smallest absolute Gasteiger partial charge is 0.423 e. The number of amides is 1. The summed E-state index contributed by atoms with van der Waals surface area (Å²) in [6, 6.07) is 0. The van der Waals surface area contributed by atoms with Gasteiger partial charge in [-0.2, -0.15) is 0 Å². The minimum Gasteiger partial charge on any atom is -0.447 e. The maximum Gasteiger partial charge on any atom is 0.423 e. The molecular weight excluding hydrogens is 230 g/mol. The van der Waals surface area contributed by atoms with E-state index in [4.69, 9.17) is 0 Å². The van der Waals surface area contributed by atoms with E-state index in [1.807, 2.05) is 12.2 Å². The van der Waals surface area contributed by atoms with Crippen molar-refractivity contribution in [2.24, 2.45) is 0 Å². The lowest BCUT2D eigenvalue weighted by molar-refractivity contribution is 0.170. The zero-order valence-electron chi connectivity index (χ0n) is 8.76. The molecule has 2 rings (SSSR count).